The number of aromatic nitrogens is 2. The average Bonchev–Trinajstić information content (AvgIpc) is 2.32. The molecule has 6 heteroatoms. The maximum Gasteiger partial charge on any atom is 0.268 e. The zero-order chi connectivity index (χ0) is 13.3. The van der Waals surface area contributed by atoms with Gasteiger partial charge < -0.3 is 0 Å². The molecule has 3 nitrogen and oxygen atoms in total. The molecule has 2 aromatic rings. The number of hydrogen-bond acceptors (Lipinski definition) is 2. The highest BCUT2D eigenvalue weighted by Crippen LogP contribution is 2.18. The van der Waals surface area contributed by atoms with Crippen LogP contribution in [0.15, 0.2) is 33.7 Å². The molecule has 0 atom stereocenters. The number of halogens is 3. The molecule has 0 unspecified atom stereocenters. The van der Waals surface area contributed by atoms with Gasteiger partial charge in [0.1, 0.15) is 16.1 Å². The Labute approximate surface area is 116 Å². The summed E-state index contributed by atoms with van der Waals surface area (Å²) in [5.41, 5.74) is 0.478. The van der Waals surface area contributed by atoms with Gasteiger partial charge in [-0.1, -0.05) is 17.7 Å². The summed E-state index contributed by atoms with van der Waals surface area (Å²) in [5.74, 6) is 0.170. The highest BCUT2D eigenvalue weighted by molar-refractivity contribution is 9.10. The lowest BCUT2D eigenvalue weighted by atomic mass is 10.2. The molecule has 1 aromatic carbocycles. The molecule has 94 valence electrons. The lowest BCUT2D eigenvalue weighted by Crippen LogP contribution is -2.24. The fraction of sp³-hybridized carbons (Fsp3) is 0.167. The normalized spacial score (nSPS) is 10.7. The monoisotopic (exact) mass is 330 g/mol. The minimum atomic E-state index is -0.403. The van der Waals surface area contributed by atoms with Crippen molar-refractivity contribution in [2.75, 3.05) is 0 Å². The summed E-state index contributed by atoms with van der Waals surface area (Å²) in [6.07, 6.45) is 1.46. The molecule has 0 amide bonds. The van der Waals surface area contributed by atoms with Crippen LogP contribution in [0.2, 0.25) is 5.02 Å². The fourth-order valence-electron chi connectivity index (χ4n) is 1.56. The number of hydrogen-bond donors (Lipinski definition) is 0. The van der Waals surface area contributed by atoms with E-state index in [-0.39, 0.29) is 12.1 Å². The van der Waals surface area contributed by atoms with Crippen LogP contribution in [0, 0.1) is 12.7 Å². The van der Waals surface area contributed by atoms with Gasteiger partial charge in [0.2, 0.25) is 0 Å². The summed E-state index contributed by atoms with van der Waals surface area (Å²) < 4.78 is 14.8. The van der Waals surface area contributed by atoms with Gasteiger partial charge in [-0.3, -0.25) is 9.36 Å². The van der Waals surface area contributed by atoms with Gasteiger partial charge in [-0.25, -0.2) is 9.37 Å². The maximum absolute atomic E-state index is 12.9. The lowest BCUT2D eigenvalue weighted by Gasteiger charge is -2.10. The Hall–Kier alpha value is -1.20. The van der Waals surface area contributed by atoms with Crippen LogP contribution in [-0.4, -0.2) is 9.55 Å². The Morgan fingerprint density at radius 3 is 2.89 bits per heavy atom. The van der Waals surface area contributed by atoms with E-state index in [1.54, 1.807) is 13.0 Å². The summed E-state index contributed by atoms with van der Waals surface area (Å²) in [7, 11) is 0. The van der Waals surface area contributed by atoms with Crippen molar-refractivity contribution in [3.63, 3.8) is 0 Å². The molecule has 18 heavy (non-hydrogen) atoms. The first-order valence-corrected chi connectivity index (χ1v) is 6.32. The Bertz CT molecular complexity index is 657. The van der Waals surface area contributed by atoms with Crippen LogP contribution in [-0.2, 0) is 6.54 Å². The van der Waals surface area contributed by atoms with Crippen LogP contribution in [0.1, 0.15) is 11.4 Å². The average molecular weight is 332 g/mol. The van der Waals surface area contributed by atoms with Crippen molar-refractivity contribution in [2.24, 2.45) is 0 Å². The van der Waals surface area contributed by atoms with Crippen LogP contribution in [0.4, 0.5) is 4.39 Å². The van der Waals surface area contributed by atoms with Gasteiger partial charge >= 0.3 is 0 Å². The van der Waals surface area contributed by atoms with Crippen molar-refractivity contribution in [1.82, 2.24) is 9.55 Å². The summed E-state index contributed by atoms with van der Waals surface area (Å²) in [6.45, 7) is 1.99. The van der Waals surface area contributed by atoms with E-state index in [4.69, 9.17) is 11.6 Å². The highest BCUT2D eigenvalue weighted by Gasteiger charge is 2.09. The van der Waals surface area contributed by atoms with Crippen molar-refractivity contribution >= 4 is 27.5 Å². The molecule has 1 aromatic heterocycles. The highest BCUT2D eigenvalue weighted by atomic mass is 79.9. The quantitative estimate of drug-likeness (QED) is 0.847. The lowest BCUT2D eigenvalue weighted by molar-refractivity contribution is 0.625. The van der Waals surface area contributed by atoms with E-state index in [1.807, 2.05) is 0 Å². The third kappa shape index (κ3) is 2.62. The van der Waals surface area contributed by atoms with Gasteiger partial charge in [-0.15, -0.1) is 0 Å². The van der Waals surface area contributed by atoms with Gasteiger partial charge in [0.05, 0.1) is 6.54 Å². The summed E-state index contributed by atoms with van der Waals surface area (Å²) in [4.78, 5) is 16.0. The van der Waals surface area contributed by atoms with E-state index in [0.717, 1.165) is 0 Å². The Kier molecular flexibility index (Phi) is 3.82. The zero-order valence-corrected chi connectivity index (χ0v) is 11.8. The third-order valence-corrected chi connectivity index (χ3v) is 3.44. The molecule has 1 heterocycles. The third-order valence-electron chi connectivity index (χ3n) is 2.55. The molecular formula is C12H9BrClFN2O. The minimum absolute atomic E-state index is 0.192. The first-order valence-electron chi connectivity index (χ1n) is 5.15. The number of nitrogens with zero attached hydrogens (tertiary/aromatic N) is 2. The second-order valence-corrected chi connectivity index (χ2v) is 5.04. The van der Waals surface area contributed by atoms with Crippen molar-refractivity contribution < 1.29 is 4.39 Å². The van der Waals surface area contributed by atoms with E-state index in [1.165, 1.54) is 22.9 Å². The van der Waals surface area contributed by atoms with Crippen LogP contribution in [0.5, 0.6) is 0 Å². The van der Waals surface area contributed by atoms with E-state index < -0.39 is 5.82 Å². The molecule has 0 saturated carbocycles. The topological polar surface area (TPSA) is 34.9 Å². The molecule has 0 aliphatic heterocycles. The van der Waals surface area contributed by atoms with Crippen molar-refractivity contribution in [1.29, 1.82) is 0 Å². The van der Waals surface area contributed by atoms with Gasteiger partial charge in [-0.05, 0) is 40.5 Å². The summed E-state index contributed by atoms with van der Waals surface area (Å²) in [5, 5.41) is 0.293. The molecule has 0 aliphatic carbocycles. The van der Waals surface area contributed by atoms with Crippen molar-refractivity contribution in [3.05, 3.63) is 61.5 Å². The molecule has 2 rings (SSSR count). The van der Waals surface area contributed by atoms with Crippen LogP contribution in [0.3, 0.4) is 0 Å². The van der Waals surface area contributed by atoms with Gasteiger partial charge in [0, 0.05) is 11.2 Å². The van der Waals surface area contributed by atoms with Gasteiger partial charge in [0.15, 0.2) is 0 Å². The summed E-state index contributed by atoms with van der Waals surface area (Å²) in [6, 6.07) is 4.10. The zero-order valence-electron chi connectivity index (χ0n) is 9.45. The summed E-state index contributed by atoms with van der Waals surface area (Å²) >= 11 is 9.07. The maximum atomic E-state index is 12.9. The molecule has 0 radical (unpaired) electrons. The SMILES string of the molecule is Cc1ncc(Br)c(=O)n1Cc1ccc(F)cc1Cl. The first-order chi connectivity index (χ1) is 8.49. The minimum Gasteiger partial charge on any atom is -0.291 e. The Morgan fingerprint density at radius 1 is 1.50 bits per heavy atom. The van der Waals surface area contributed by atoms with E-state index in [2.05, 4.69) is 20.9 Å². The molecule has 0 spiro atoms. The smallest absolute Gasteiger partial charge is 0.268 e. The van der Waals surface area contributed by atoms with E-state index in [9.17, 15) is 9.18 Å². The number of benzene rings is 1. The molecule has 0 N–H and O–H groups in total. The molecule has 0 fully saturated rings. The Morgan fingerprint density at radius 2 is 2.22 bits per heavy atom. The molecule has 0 aliphatic rings. The fourth-order valence-corrected chi connectivity index (χ4v) is 2.10. The predicted octanol–water partition coefficient (Wildman–Crippen LogP) is 3.16. The van der Waals surface area contributed by atoms with Crippen LogP contribution >= 0.6 is 27.5 Å². The second kappa shape index (κ2) is 5.20. The Balaban J connectivity index is 2.46. The van der Waals surface area contributed by atoms with Crippen molar-refractivity contribution in [2.45, 2.75) is 13.5 Å². The first kappa shape index (κ1) is 13.2. The predicted molar refractivity (Wildman–Crippen MR) is 71.4 cm³/mol. The van der Waals surface area contributed by atoms with Gasteiger partial charge in [-0.2, -0.15) is 0 Å². The van der Waals surface area contributed by atoms with E-state index in [0.29, 0.717) is 20.9 Å². The van der Waals surface area contributed by atoms with Gasteiger partial charge in [0.25, 0.3) is 5.56 Å². The van der Waals surface area contributed by atoms with Crippen molar-refractivity contribution in [3.8, 4) is 0 Å². The molecule has 0 saturated heterocycles. The standard InChI is InChI=1S/C12H9BrClFN2O/c1-7-16-5-10(13)12(18)17(7)6-8-2-3-9(15)4-11(8)14/h2-5H,6H2,1H3. The van der Waals surface area contributed by atoms with Crippen LogP contribution in [0.25, 0.3) is 0 Å². The van der Waals surface area contributed by atoms with Crippen LogP contribution < -0.4 is 5.56 Å². The second-order valence-electron chi connectivity index (χ2n) is 3.78. The van der Waals surface area contributed by atoms with E-state index >= 15 is 0 Å². The molecular weight excluding hydrogens is 322 g/mol. The molecule has 0 bridgehead atoms. The number of aryl methyl sites for hydroxylation is 1. The largest absolute Gasteiger partial charge is 0.291 e. The number of rotatable bonds is 2.